The van der Waals surface area contributed by atoms with Gasteiger partial charge < -0.3 is 19.6 Å². The summed E-state index contributed by atoms with van der Waals surface area (Å²) in [7, 11) is 0. The van der Waals surface area contributed by atoms with Gasteiger partial charge in [-0.15, -0.1) is 0 Å². The van der Waals surface area contributed by atoms with Crippen LogP contribution in [0, 0.1) is 13.1 Å². The minimum Gasteiger partial charge on any atom is -0.320 e. The number of hydrogen-bond donors (Lipinski definition) is 0. The van der Waals surface area contributed by atoms with Crippen molar-refractivity contribution >= 4 is 101 Å². The lowest BCUT2D eigenvalue weighted by atomic mass is 9.81. The molecule has 0 unspecified atom stereocenters. The van der Waals surface area contributed by atoms with Gasteiger partial charge >= 0.3 is 0 Å². The Morgan fingerprint density at radius 3 is 0.718 bits per heavy atom. The summed E-state index contributed by atoms with van der Waals surface area (Å²) in [5.41, 5.74) is 40.3. The number of para-hydroxylation sites is 2. The number of hydrogen-bond acceptors (Lipinski definition) is 4. The van der Waals surface area contributed by atoms with Crippen LogP contribution in [0.4, 0.5) is 79.6 Å². The Kier molecular flexibility index (Phi) is 23.2. The first-order chi connectivity index (χ1) is 69.9. The van der Waals surface area contributed by atoms with Gasteiger partial charge in [-0.2, -0.15) is 0 Å². The molecule has 22 aromatic rings. The lowest BCUT2D eigenvalue weighted by molar-refractivity contribution is 0.661. The Balaban J connectivity index is 0.000000158. The highest BCUT2D eigenvalue weighted by molar-refractivity contribution is 6.14. The zero-order chi connectivity index (χ0) is 95.8. The van der Waals surface area contributed by atoms with Gasteiger partial charge in [0.2, 0.25) is 11.4 Å². The Bertz CT molecular complexity index is 8340. The molecule has 0 radical (unpaired) electrons. The van der Waals surface area contributed by atoms with Crippen LogP contribution in [0.2, 0.25) is 0 Å². The fraction of sp³-hybridized carbons (Fsp3) is 0.0441. The molecule has 0 atom stereocenters. The van der Waals surface area contributed by atoms with Crippen LogP contribution in [0.1, 0.15) is 49.9 Å². The van der Waals surface area contributed by atoms with E-state index in [-0.39, 0.29) is 5.41 Å². The van der Waals surface area contributed by atoms with Crippen LogP contribution < -0.4 is 19.6 Å². The molecule has 6 heteroatoms. The fourth-order valence-electron chi connectivity index (χ4n) is 21.5. The van der Waals surface area contributed by atoms with Crippen LogP contribution in [0.25, 0.3) is 143 Å². The second kappa shape index (κ2) is 37.6. The summed E-state index contributed by atoms with van der Waals surface area (Å²) in [6.07, 6.45) is 0. The second-order valence-electron chi connectivity index (χ2n) is 37.6. The summed E-state index contributed by atoms with van der Waals surface area (Å²) in [4.78, 5) is 18.1. The van der Waals surface area contributed by atoms with E-state index < -0.39 is 5.41 Å². The molecule has 0 aromatic heterocycles. The van der Waals surface area contributed by atoms with Gasteiger partial charge in [0.05, 0.1) is 35.9 Å². The first-order valence-corrected chi connectivity index (χ1v) is 48.6. The number of anilines is 12. The van der Waals surface area contributed by atoms with Crippen molar-refractivity contribution in [2.24, 2.45) is 0 Å². The monoisotopic (exact) mass is 1810 g/mol. The molecule has 2 aliphatic rings. The molecule has 0 spiro atoms. The largest absolute Gasteiger partial charge is 0.320 e. The van der Waals surface area contributed by atoms with E-state index in [0.29, 0.717) is 11.4 Å². The summed E-state index contributed by atoms with van der Waals surface area (Å²) in [5, 5.41) is 4.68. The van der Waals surface area contributed by atoms with Crippen LogP contribution in [0.15, 0.2) is 522 Å². The van der Waals surface area contributed by atoms with Crippen LogP contribution in [0.3, 0.4) is 0 Å². The summed E-state index contributed by atoms with van der Waals surface area (Å²) >= 11 is 0. The van der Waals surface area contributed by atoms with Crippen molar-refractivity contribution in [3.8, 4) is 111 Å². The zero-order valence-corrected chi connectivity index (χ0v) is 79.3. The standard InChI is InChI=1S/C69H48N4.C67H50N2/c1-69(2)61-45-55(72(53-33-19-9-20-34-53)67-59(49-29-15-7-16-30-49)41-51(43-63(67)70-3)47-25-11-5-12-26-47)39-40-58(61)66-57-38-24-23-37-56(57)65(46-62(66)69)73(54-35-21-10-22-36-54)68-60(50-31-17-8-18-32-50)42-52(44-64(68)71-4)48-27-13-6-14-28-48;1-67(2)63-45-59(68(55-35-27-51(28-36-55)47-17-7-3-8-18-47)56-37-29-52(30-38-56)48-19-9-4-10-20-48)43-44-62(63)66-61-26-16-15-25-60(61)65(46-64(66)67)69(57-39-31-53(32-40-57)49-21-11-5-12-22-49)58-41-33-54(34-42-58)50-23-13-6-14-24-50/h5-46H,1-2H3;3-46H,1-2H3. The van der Waals surface area contributed by atoms with Crippen molar-refractivity contribution in [2.75, 3.05) is 19.6 Å². The van der Waals surface area contributed by atoms with Crippen molar-refractivity contribution in [3.05, 3.63) is 567 Å². The van der Waals surface area contributed by atoms with E-state index in [1.807, 2.05) is 72.8 Å². The van der Waals surface area contributed by atoms with Crippen molar-refractivity contribution < 1.29 is 0 Å². The average molecular weight is 1820 g/mol. The SMILES string of the molecule is CC1(C)c2cc(N(c3ccc(-c4ccccc4)cc3)c3ccc(-c4ccccc4)cc3)ccc2-c2c1cc(N(c1ccc(-c3ccccc3)cc1)c1ccc(-c3ccccc3)cc1)c1ccccc21.[C-]#[N+]c1cc(-c2ccccc2)cc(-c2ccccc2)c1N(c1ccccc1)c1ccc2c(c1)C(C)(C)c1cc(N(c3ccccc3)c3c([N+]#[C-])cc(-c4ccccc4)cc3-c3ccccc3)c3ccccc3c1-2. The minimum absolute atomic E-state index is 0.320. The van der Waals surface area contributed by atoms with E-state index in [4.69, 9.17) is 13.1 Å². The molecule has 0 N–H and O–H groups in total. The molecule has 0 heterocycles. The summed E-state index contributed by atoms with van der Waals surface area (Å²) in [6, 6.07) is 186. The molecule has 2 aliphatic carbocycles. The molecule has 0 amide bonds. The minimum atomic E-state index is -0.478. The lowest BCUT2D eigenvalue weighted by Crippen LogP contribution is -2.18. The van der Waals surface area contributed by atoms with Gasteiger partial charge in [0.1, 0.15) is 0 Å². The quantitative estimate of drug-likeness (QED) is 0.0709. The number of nitrogens with zero attached hydrogens (tertiary/aromatic N) is 6. The maximum Gasteiger partial charge on any atom is 0.211 e. The van der Waals surface area contributed by atoms with Crippen molar-refractivity contribution in [1.29, 1.82) is 0 Å². The lowest BCUT2D eigenvalue weighted by Gasteiger charge is -2.32. The van der Waals surface area contributed by atoms with Gasteiger partial charge in [0, 0.05) is 67.1 Å². The molecule has 672 valence electrons. The molecule has 0 bridgehead atoms. The highest BCUT2D eigenvalue weighted by atomic mass is 15.2. The van der Waals surface area contributed by atoms with Gasteiger partial charge in [0.15, 0.2) is 0 Å². The Morgan fingerprint density at radius 1 is 0.169 bits per heavy atom. The molecule has 6 nitrogen and oxygen atoms in total. The van der Waals surface area contributed by atoms with Crippen LogP contribution >= 0.6 is 0 Å². The first kappa shape index (κ1) is 87.6. The molecule has 24 rings (SSSR count). The first-order valence-electron chi connectivity index (χ1n) is 48.6. The zero-order valence-electron chi connectivity index (χ0n) is 79.3. The molecule has 22 aromatic carbocycles. The highest BCUT2D eigenvalue weighted by Crippen LogP contribution is 2.61. The normalized spacial score (nSPS) is 12.2. The van der Waals surface area contributed by atoms with Crippen LogP contribution in [-0.2, 0) is 10.8 Å². The molecular weight excluding hydrogens is 1720 g/mol. The Labute approximate surface area is 831 Å². The molecule has 0 saturated heterocycles. The van der Waals surface area contributed by atoms with Crippen LogP contribution in [0.5, 0.6) is 0 Å². The van der Waals surface area contributed by atoms with Gasteiger partial charge in [-0.05, 0) is 278 Å². The summed E-state index contributed by atoms with van der Waals surface area (Å²) in [6.45, 7) is 27.1. The third kappa shape index (κ3) is 16.3. The van der Waals surface area contributed by atoms with Gasteiger partial charge in [0.25, 0.3) is 0 Å². The van der Waals surface area contributed by atoms with E-state index in [9.17, 15) is 0 Å². The Hall–Kier alpha value is -18.5. The van der Waals surface area contributed by atoms with E-state index in [1.54, 1.807) is 0 Å². The number of fused-ring (bicyclic) bond motifs is 10. The predicted molar refractivity (Wildman–Crippen MR) is 598 cm³/mol. The smallest absolute Gasteiger partial charge is 0.211 e. The summed E-state index contributed by atoms with van der Waals surface area (Å²) in [5.74, 6) is 0. The second-order valence-corrected chi connectivity index (χ2v) is 37.6. The summed E-state index contributed by atoms with van der Waals surface area (Å²) < 4.78 is 0. The van der Waals surface area contributed by atoms with E-state index in [1.165, 1.54) is 99.8 Å². The van der Waals surface area contributed by atoms with Crippen molar-refractivity contribution in [3.63, 3.8) is 0 Å². The third-order valence-corrected chi connectivity index (χ3v) is 28.5. The average Bonchev–Trinajstić information content (AvgIpc) is 1.55. The van der Waals surface area contributed by atoms with Crippen LogP contribution in [-0.4, -0.2) is 0 Å². The van der Waals surface area contributed by atoms with Crippen molar-refractivity contribution in [1.82, 2.24) is 0 Å². The molecule has 0 saturated carbocycles. The molecule has 0 fully saturated rings. The molecule has 0 aliphatic heterocycles. The van der Waals surface area contributed by atoms with E-state index in [0.717, 1.165) is 124 Å². The number of rotatable bonds is 20. The number of benzene rings is 22. The maximum absolute atomic E-state index is 8.85. The topological polar surface area (TPSA) is 21.7 Å². The highest BCUT2D eigenvalue weighted by Gasteiger charge is 2.42. The fourth-order valence-corrected chi connectivity index (χ4v) is 21.5. The van der Waals surface area contributed by atoms with E-state index >= 15 is 0 Å². The van der Waals surface area contributed by atoms with Gasteiger partial charge in [-0.3, -0.25) is 0 Å². The predicted octanol–water partition coefficient (Wildman–Crippen LogP) is 38.6. The van der Waals surface area contributed by atoms with E-state index in [2.05, 4.69) is 506 Å². The van der Waals surface area contributed by atoms with Gasteiger partial charge in [-0.1, -0.05) is 416 Å². The third-order valence-electron chi connectivity index (χ3n) is 28.5. The Morgan fingerprint density at radius 2 is 0.401 bits per heavy atom. The van der Waals surface area contributed by atoms with Crippen molar-refractivity contribution in [2.45, 2.75) is 38.5 Å². The molecule has 142 heavy (non-hydrogen) atoms. The van der Waals surface area contributed by atoms with Gasteiger partial charge in [-0.25, -0.2) is 9.69 Å². The molecular formula is C136H98N6. The maximum atomic E-state index is 8.85.